The smallest absolute Gasteiger partial charge is 0.191 e. The zero-order valence-electron chi connectivity index (χ0n) is 13.7. The number of methoxy groups -OCH3 is 1. The molecule has 5 heteroatoms. The lowest BCUT2D eigenvalue weighted by atomic mass is 9.84. The zero-order chi connectivity index (χ0) is 15.7. The van der Waals surface area contributed by atoms with E-state index in [2.05, 4.69) is 47.9 Å². The molecular weight excluding hydrogens is 282 g/mol. The van der Waals surface area contributed by atoms with Gasteiger partial charge in [0.1, 0.15) is 5.75 Å². The van der Waals surface area contributed by atoms with Gasteiger partial charge in [0.25, 0.3) is 0 Å². The van der Waals surface area contributed by atoms with Crippen LogP contribution in [-0.2, 0) is 5.41 Å². The number of rotatable bonds is 7. The molecule has 1 rings (SSSR count). The highest BCUT2D eigenvalue weighted by molar-refractivity contribution is 7.98. The van der Waals surface area contributed by atoms with Gasteiger partial charge >= 0.3 is 0 Å². The van der Waals surface area contributed by atoms with Gasteiger partial charge in [-0.2, -0.15) is 11.8 Å². The van der Waals surface area contributed by atoms with Gasteiger partial charge in [0.05, 0.1) is 7.11 Å². The molecule has 0 spiro atoms. The molecule has 0 aliphatic heterocycles. The lowest BCUT2D eigenvalue weighted by molar-refractivity contribution is 0.411. The number of hydrogen-bond donors (Lipinski definition) is 2. The number of thioether (sulfide) groups is 1. The van der Waals surface area contributed by atoms with Crippen LogP contribution < -0.4 is 15.4 Å². The molecule has 0 unspecified atom stereocenters. The van der Waals surface area contributed by atoms with Crippen LogP contribution in [0.5, 0.6) is 5.75 Å². The lowest BCUT2D eigenvalue weighted by Crippen LogP contribution is -2.44. The van der Waals surface area contributed by atoms with Crippen molar-refractivity contribution >= 4 is 17.7 Å². The van der Waals surface area contributed by atoms with E-state index in [-0.39, 0.29) is 5.41 Å². The average Bonchev–Trinajstić information content (AvgIpc) is 2.50. The fourth-order valence-electron chi connectivity index (χ4n) is 1.94. The third-order valence-electron chi connectivity index (χ3n) is 3.37. The topological polar surface area (TPSA) is 45.7 Å². The molecule has 0 saturated heterocycles. The minimum Gasteiger partial charge on any atom is -0.497 e. The highest BCUT2D eigenvalue weighted by Gasteiger charge is 2.21. The molecular formula is C16H27N3OS. The Balaban J connectivity index is 2.62. The maximum Gasteiger partial charge on any atom is 0.191 e. The molecule has 0 aromatic heterocycles. The number of nitrogens with one attached hydrogen (secondary N) is 2. The highest BCUT2D eigenvalue weighted by atomic mass is 32.2. The van der Waals surface area contributed by atoms with Gasteiger partial charge < -0.3 is 15.4 Å². The summed E-state index contributed by atoms with van der Waals surface area (Å²) in [4.78, 5) is 4.25. The van der Waals surface area contributed by atoms with Crippen LogP contribution in [0.15, 0.2) is 29.3 Å². The van der Waals surface area contributed by atoms with E-state index in [9.17, 15) is 0 Å². The van der Waals surface area contributed by atoms with Crippen molar-refractivity contribution in [3.63, 3.8) is 0 Å². The third kappa shape index (κ3) is 5.87. The summed E-state index contributed by atoms with van der Waals surface area (Å²) in [5.74, 6) is 2.81. The Morgan fingerprint density at radius 1 is 1.33 bits per heavy atom. The maximum atomic E-state index is 5.30. The predicted octanol–water partition coefficient (Wildman–Crippen LogP) is 2.50. The second kappa shape index (κ2) is 8.82. The molecule has 0 fully saturated rings. The molecule has 118 valence electrons. The van der Waals surface area contributed by atoms with Gasteiger partial charge in [0, 0.05) is 31.3 Å². The van der Waals surface area contributed by atoms with Gasteiger partial charge in [0.2, 0.25) is 0 Å². The number of hydrogen-bond acceptors (Lipinski definition) is 3. The van der Waals surface area contributed by atoms with Gasteiger partial charge in [-0.1, -0.05) is 26.0 Å². The summed E-state index contributed by atoms with van der Waals surface area (Å²) < 4.78 is 5.30. The van der Waals surface area contributed by atoms with E-state index < -0.39 is 0 Å². The number of guanidine groups is 1. The van der Waals surface area contributed by atoms with Gasteiger partial charge in [-0.25, -0.2) is 0 Å². The Kier molecular flexibility index (Phi) is 7.43. The lowest BCUT2D eigenvalue weighted by Gasteiger charge is -2.27. The fraction of sp³-hybridized carbons (Fsp3) is 0.562. The van der Waals surface area contributed by atoms with Crippen LogP contribution in [0.2, 0.25) is 0 Å². The van der Waals surface area contributed by atoms with Crippen LogP contribution in [0, 0.1) is 0 Å². The first kappa shape index (κ1) is 17.7. The molecule has 1 aromatic rings. The summed E-state index contributed by atoms with van der Waals surface area (Å²) in [5, 5.41) is 6.70. The highest BCUT2D eigenvalue weighted by Crippen LogP contribution is 2.25. The van der Waals surface area contributed by atoms with E-state index >= 15 is 0 Å². The van der Waals surface area contributed by atoms with Crippen molar-refractivity contribution in [2.24, 2.45) is 4.99 Å². The van der Waals surface area contributed by atoms with Crippen LogP contribution >= 0.6 is 11.8 Å². The van der Waals surface area contributed by atoms with E-state index in [1.165, 1.54) is 5.56 Å². The summed E-state index contributed by atoms with van der Waals surface area (Å²) in [6, 6.07) is 8.22. The molecule has 1 aromatic carbocycles. The maximum absolute atomic E-state index is 5.30. The summed E-state index contributed by atoms with van der Waals surface area (Å²) >= 11 is 1.82. The van der Waals surface area contributed by atoms with Crippen molar-refractivity contribution in [2.75, 3.05) is 39.3 Å². The van der Waals surface area contributed by atoms with Gasteiger partial charge in [-0.15, -0.1) is 0 Å². The van der Waals surface area contributed by atoms with Crippen molar-refractivity contribution < 1.29 is 4.74 Å². The van der Waals surface area contributed by atoms with E-state index in [1.807, 2.05) is 23.9 Å². The van der Waals surface area contributed by atoms with Gasteiger partial charge in [-0.05, 0) is 24.0 Å². The first-order valence-electron chi connectivity index (χ1n) is 7.11. The van der Waals surface area contributed by atoms with Crippen LogP contribution in [0.25, 0.3) is 0 Å². The largest absolute Gasteiger partial charge is 0.497 e. The Bertz CT molecular complexity index is 461. The minimum atomic E-state index is -0.00827. The number of benzene rings is 1. The summed E-state index contributed by atoms with van der Waals surface area (Å²) in [5.41, 5.74) is 1.24. The van der Waals surface area contributed by atoms with Crippen LogP contribution in [-0.4, -0.2) is 45.2 Å². The quantitative estimate of drug-likeness (QED) is 0.461. The van der Waals surface area contributed by atoms with Crippen molar-refractivity contribution in [1.82, 2.24) is 10.6 Å². The first-order chi connectivity index (χ1) is 10.0. The third-order valence-corrected chi connectivity index (χ3v) is 3.98. The molecule has 4 nitrogen and oxygen atoms in total. The van der Waals surface area contributed by atoms with Gasteiger partial charge in [-0.3, -0.25) is 4.99 Å². The summed E-state index contributed by atoms with van der Waals surface area (Å²) in [6.45, 7) is 6.15. The molecule has 2 N–H and O–H groups in total. The SMILES string of the molecule is CN=C(NCCSC)NCC(C)(C)c1cccc(OC)c1. The summed E-state index contributed by atoms with van der Waals surface area (Å²) in [7, 11) is 3.49. The summed E-state index contributed by atoms with van der Waals surface area (Å²) in [6.07, 6.45) is 2.10. The first-order valence-corrected chi connectivity index (χ1v) is 8.51. The molecule has 0 aliphatic carbocycles. The second-order valence-electron chi connectivity index (χ2n) is 5.46. The molecule has 0 atom stereocenters. The Hall–Kier alpha value is -1.36. The monoisotopic (exact) mass is 309 g/mol. The Morgan fingerprint density at radius 2 is 2.10 bits per heavy atom. The van der Waals surface area contributed by atoms with E-state index in [0.717, 1.165) is 30.6 Å². The molecule has 0 amide bonds. The minimum absolute atomic E-state index is 0.00827. The van der Waals surface area contributed by atoms with Crippen LogP contribution in [0.1, 0.15) is 19.4 Å². The molecule has 0 heterocycles. The van der Waals surface area contributed by atoms with E-state index in [1.54, 1.807) is 14.2 Å². The Morgan fingerprint density at radius 3 is 2.71 bits per heavy atom. The normalized spacial score (nSPS) is 12.1. The van der Waals surface area contributed by atoms with Crippen LogP contribution in [0.4, 0.5) is 0 Å². The fourth-order valence-corrected chi connectivity index (χ4v) is 2.25. The number of ether oxygens (including phenoxy) is 1. The second-order valence-corrected chi connectivity index (χ2v) is 6.45. The standard InChI is InChI=1S/C16H27N3OS/c1-16(2,13-7-6-8-14(11-13)20-4)12-19-15(17-3)18-9-10-21-5/h6-8,11H,9-10,12H2,1-5H3,(H2,17,18,19). The molecule has 0 radical (unpaired) electrons. The molecule has 0 saturated carbocycles. The van der Waals surface area contributed by atoms with Crippen molar-refractivity contribution in [1.29, 1.82) is 0 Å². The molecule has 0 bridgehead atoms. The average molecular weight is 309 g/mol. The predicted molar refractivity (Wildman–Crippen MR) is 93.8 cm³/mol. The zero-order valence-corrected chi connectivity index (χ0v) is 14.5. The van der Waals surface area contributed by atoms with Crippen molar-refractivity contribution in [3.05, 3.63) is 29.8 Å². The van der Waals surface area contributed by atoms with E-state index in [0.29, 0.717) is 0 Å². The van der Waals surface area contributed by atoms with E-state index in [4.69, 9.17) is 4.74 Å². The van der Waals surface area contributed by atoms with Gasteiger partial charge in [0.15, 0.2) is 5.96 Å². The Labute approximate surface area is 132 Å². The van der Waals surface area contributed by atoms with Crippen molar-refractivity contribution in [2.45, 2.75) is 19.3 Å². The molecule has 21 heavy (non-hydrogen) atoms. The van der Waals surface area contributed by atoms with Crippen molar-refractivity contribution in [3.8, 4) is 5.75 Å². The molecule has 0 aliphatic rings. The van der Waals surface area contributed by atoms with Crippen LogP contribution in [0.3, 0.4) is 0 Å². The number of nitrogens with zero attached hydrogens (tertiary/aromatic N) is 1. The number of aliphatic imine (C=N–C) groups is 1.